The van der Waals surface area contributed by atoms with Crippen molar-refractivity contribution in [1.82, 2.24) is 0 Å². The Balaban J connectivity index is -0.0000000476. The molecule has 0 spiro atoms. The summed E-state index contributed by atoms with van der Waals surface area (Å²) in [4.78, 5) is 108. The van der Waals surface area contributed by atoms with Gasteiger partial charge in [-0.05, 0) is 0 Å². The molecule has 0 bridgehead atoms. The minimum absolute atomic E-state index is 0. The van der Waals surface area contributed by atoms with Crippen LogP contribution in [0.3, 0.4) is 0 Å². The van der Waals surface area contributed by atoms with E-state index >= 15 is 0 Å². The second kappa shape index (κ2) is 16.9. The highest BCUT2D eigenvalue weighted by Crippen LogP contribution is 2.27. The lowest BCUT2D eigenvalue weighted by atomic mass is 15.8. The average molecular weight is 521 g/mol. The molecule has 0 aliphatic carbocycles. The van der Waals surface area contributed by atoms with Crippen molar-refractivity contribution in [3.8, 4) is 0 Å². The third kappa shape index (κ3) is 15000. The maximum Gasteiger partial charge on any atom is 0.466 e. The van der Waals surface area contributed by atoms with Gasteiger partial charge in [0.15, 0.2) is 0 Å². The molecule has 0 unspecified atom stereocenters. The molecule has 15 N–H and O–H groups in total. The Hall–Kier alpha value is 0.980. The van der Waals surface area contributed by atoms with Crippen LogP contribution in [0.15, 0.2) is 0 Å². The number of rotatable bonds is 0. The summed E-state index contributed by atoms with van der Waals surface area (Å²) in [6.07, 6.45) is 0. The summed E-state index contributed by atoms with van der Waals surface area (Å²) in [7, 11) is -23.2. The number of hydrogen-bond acceptors (Lipinski definition) is 5. The maximum absolute atomic E-state index is 8.88. The fourth-order valence-electron chi connectivity index (χ4n) is 0. The van der Waals surface area contributed by atoms with Crippen molar-refractivity contribution in [3.05, 3.63) is 0 Å². The van der Waals surface area contributed by atoms with E-state index in [2.05, 4.69) is 0 Å². The van der Waals surface area contributed by atoms with E-state index < -0.39 is 39.1 Å². The molecule has 0 heterocycles. The summed E-state index contributed by atoms with van der Waals surface area (Å²) >= 11 is 0. The quantitative estimate of drug-likeness (QED) is 0.136. The van der Waals surface area contributed by atoms with E-state index in [1.54, 1.807) is 0 Å². The van der Waals surface area contributed by atoms with E-state index in [9.17, 15) is 0 Å². The summed E-state index contributed by atoms with van der Waals surface area (Å²) < 4.78 is 44.4. The third-order valence-electron chi connectivity index (χ3n) is 0. The summed E-state index contributed by atoms with van der Waals surface area (Å²) in [5.74, 6) is 0. The van der Waals surface area contributed by atoms with E-state index in [1.165, 1.54) is 0 Å². The normalized spacial score (nSPS) is 11.3. The van der Waals surface area contributed by atoms with Crippen LogP contribution in [0, 0.1) is 0 Å². The van der Waals surface area contributed by atoms with Gasteiger partial charge in [-0.25, -0.2) is 22.8 Å². The first kappa shape index (κ1) is 41.4. The maximum atomic E-state index is 8.88. The van der Waals surface area contributed by atoms with Crippen LogP contribution in [0.1, 0.15) is 0 Å². The Morgan fingerprint density at radius 2 is 0.269 bits per heavy atom. The lowest BCUT2D eigenvalue weighted by Crippen LogP contribution is -1.66. The molecule has 26 heteroatoms. The van der Waals surface area contributed by atoms with Crippen molar-refractivity contribution >= 4 is 49.0 Å². The predicted molar refractivity (Wildman–Crippen MR) is 78.2 cm³/mol. The number of hydrogen-bond donors (Lipinski definition) is 15. The fourth-order valence-corrected chi connectivity index (χ4v) is 0. The van der Waals surface area contributed by atoms with Crippen molar-refractivity contribution in [1.29, 1.82) is 0 Å². The Bertz CT molecular complexity index is 367. The summed E-state index contributed by atoms with van der Waals surface area (Å²) in [5, 5.41) is 0. The van der Waals surface area contributed by atoms with Crippen molar-refractivity contribution < 1.29 is 96.2 Å². The summed E-state index contributed by atoms with van der Waals surface area (Å²) in [5.41, 5.74) is 0. The van der Waals surface area contributed by atoms with Crippen LogP contribution >= 0.6 is 49.0 Å². The first-order chi connectivity index (χ1) is 10.0. The first-order valence-corrected chi connectivity index (χ1v) is 11.7. The van der Waals surface area contributed by atoms with E-state index in [0.29, 0.717) is 0 Å². The molecule has 0 fully saturated rings. The third-order valence-corrected chi connectivity index (χ3v) is 0. The highest BCUT2D eigenvalue weighted by atomic mass is 31.2. The lowest BCUT2D eigenvalue weighted by molar-refractivity contribution is 0.272. The molecule has 0 amide bonds. The first-order valence-electron chi connectivity index (χ1n) is 3.91. The van der Waals surface area contributed by atoms with Crippen LogP contribution < -0.4 is 0 Å². The van der Waals surface area contributed by atoms with Crippen molar-refractivity contribution in [2.45, 2.75) is 0 Å². The Morgan fingerprint density at radius 1 is 0.269 bits per heavy atom. The molecule has 0 aliphatic heterocycles. The van der Waals surface area contributed by atoms with Crippen LogP contribution in [-0.4, -0.2) is 73.4 Å². The Morgan fingerprint density at radius 3 is 0.269 bits per heavy atom. The van der Waals surface area contributed by atoms with Crippen molar-refractivity contribution in [3.63, 3.8) is 0 Å². The van der Waals surface area contributed by atoms with Gasteiger partial charge in [0.2, 0.25) is 0 Å². The molecule has 0 aliphatic rings. The molecule has 0 saturated heterocycles. The summed E-state index contributed by atoms with van der Waals surface area (Å²) in [6.45, 7) is 0. The van der Waals surface area contributed by atoms with Gasteiger partial charge in [0, 0.05) is 9.90 Å². The molecule has 3 radical (unpaired) electrons. The largest absolute Gasteiger partial charge is 0.466 e. The molecule has 20 nitrogen and oxygen atoms in total. The standard InChI is InChI=1S/5H3O4P.P/c5*1-5(2,3)4;/h5*(H3,1,2,3,4);. The van der Waals surface area contributed by atoms with Gasteiger partial charge in [-0.15, -0.1) is 0 Å². The van der Waals surface area contributed by atoms with Crippen LogP contribution in [0.2, 0.25) is 0 Å². The van der Waals surface area contributed by atoms with Gasteiger partial charge in [0.1, 0.15) is 0 Å². The smallest absolute Gasteiger partial charge is 0.303 e. The van der Waals surface area contributed by atoms with Gasteiger partial charge < -0.3 is 73.4 Å². The van der Waals surface area contributed by atoms with Crippen LogP contribution in [-0.2, 0) is 22.8 Å². The molecule has 0 aromatic heterocycles. The van der Waals surface area contributed by atoms with Gasteiger partial charge in [-0.2, -0.15) is 0 Å². The molecule has 26 heavy (non-hydrogen) atoms. The average Bonchev–Trinajstić information content (AvgIpc) is 1.79. The van der Waals surface area contributed by atoms with Crippen LogP contribution in [0.5, 0.6) is 0 Å². The Labute approximate surface area is 146 Å². The summed E-state index contributed by atoms with van der Waals surface area (Å²) in [6, 6.07) is 0. The van der Waals surface area contributed by atoms with Crippen molar-refractivity contribution in [2.75, 3.05) is 0 Å². The molecule has 0 aromatic rings. The molecule has 0 saturated carbocycles. The molecular formula is H15O20P6. The molecule has 0 rings (SSSR count). The minimum atomic E-state index is -4.64. The second-order valence-electron chi connectivity index (χ2n) is 2.57. The zero-order chi connectivity index (χ0) is 22.5. The SMILES string of the molecule is O=P(O)(O)O.O=P(O)(O)O.O=P(O)(O)O.O=P(O)(O)O.O=P(O)(O)O.[P]. The van der Waals surface area contributed by atoms with Crippen molar-refractivity contribution in [2.24, 2.45) is 0 Å². The van der Waals surface area contributed by atoms with Crippen LogP contribution in [0.4, 0.5) is 0 Å². The molecule has 0 aromatic carbocycles. The Kier molecular flexibility index (Phi) is 26.9. The highest BCUT2D eigenvalue weighted by molar-refractivity contribution is 7.46. The second-order valence-corrected chi connectivity index (χ2v) is 7.70. The monoisotopic (exact) mass is 521 g/mol. The van der Waals surface area contributed by atoms with E-state index in [-0.39, 0.29) is 9.90 Å². The van der Waals surface area contributed by atoms with E-state index in [4.69, 9.17) is 96.2 Å². The zero-order valence-electron chi connectivity index (χ0n) is 11.4. The fraction of sp³-hybridized carbons (Fsp3) is 0. The highest BCUT2D eigenvalue weighted by Gasteiger charge is 2.01. The van der Waals surface area contributed by atoms with Gasteiger partial charge in [-0.1, -0.05) is 0 Å². The van der Waals surface area contributed by atoms with Crippen LogP contribution in [0.25, 0.3) is 0 Å². The topological polar surface area (TPSA) is 389 Å². The van der Waals surface area contributed by atoms with Gasteiger partial charge in [-0.3, -0.25) is 0 Å². The zero-order valence-corrected chi connectivity index (χ0v) is 16.8. The van der Waals surface area contributed by atoms with Gasteiger partial charge in [0.05, 0.1) is 0 Å². The van der Waals surface area contributed by atoms with Gasteiger partial charge >= 0.3 is 39.1 Å². The van der Waals surface area contributed by atoms with Gasteiger partial charge in [0.25, 0.3) is 0 Å². The molecular weight excluding hydrogens is 506 g/mol. The number of phosphoric acid groups is 5. The minimum Gasteiger partial charge on any atom is -0.303 e. The lowest BCUT2D eigenvalue weighted by Gasteiger charge is -1.82. The predicted octanol–water partition coefficient (Wildman–Crippen LogP) is -3.78. The van der Waals surface area contributed by atoms with E-state index in [1.807, 2.05) is 0 Å². The van der Waals surface area contributed by atoms with E-state index in [0.717, 1.165) is 0 Å². The molecule has 165 valence electrons. The molecule has 0 atom stereocenters.